The second-order valence-electron chi connectivity index (χ2n) is 5.24. The fourth-order valence-corrected chi connectivity index (χ4v) is 3.02. The van der Waals surface area contributed by atoms with Gasteiger partial charge in [-0.15, -0.1) is 0 Å². The van der Waals surface area contributed by atoms with Crippen molar-refractivity contribution in [2.24, 2.45) is 0 Å². The van der Waals surface area contributed by atoms with Crippen molar-refractivity contribution in [3.05, 3.63) is 44.7 Å². The summed E-state index contributed by atoms with van der Waals surface area (Å²) in [6.45, 7) is 1.59. The Morgan fingerprint density at radius 2 is 2.24 bits per heavy atom. The molecule has 1 aromatic carbocycles. The van der Waals surface area contributed by atoms with Gasteiger partial charge in [0.25, 0.3) is 5.91 Å². The number of benzene rings is 1. The zero-order chi connectivity index (χ0) is 14.8. The van der Waals surface area contributed by atoms with Crippen LogP contribution in [0.4, 0.5) is 0 Å². The van der Waals surface area contributed by atoms with E-state index in [1.165, 1.54) is 6.07 Å². The zero-order valence-electron chi connectivity index (χ0n) is 11.4. The van der Waals surface area contributed by atoms with E-state index in [2.05, 4.69) is 31.5 Å². The quantitative estimate of drug-likeness (QED) is 0.790. The zero-order valence-corrected chi connectivity index (χ0v) is 13.0. The van der Waals surface area contributed by atoms with Crippen LogP contribution in [0, 0.1) is 0 Å². The van der Waals surface area contributed by atoms with Crippen LogP contribution in [0.5, 0.6) is 0 Å². The molecule has 1 saturated heterocycles. The molecule has 1 unspecified atom stereocenters. The molecule has 1 aliphatic heterocycles. The van der Waals surface area contributed by atoms with Gasteiger partial charge in [0.15, 0.2) is 0 Å². The lowest BCUT2D eigenvalue weighted by Gasteiger charge is -2.12. The SMILES string of the molecule is O=C(NCC1CCCN1)c1cc(=O)[nH]c2ccc(Br)cc12. The minimum atomic E-state index is -0.269. The number of hydrogen-bond donors (Lipinski definition) is 3. The molecular weight excluding hydrogens is 334 g/mol. The number of halogens is 1. The molecule has 0 bridgehead atoms. The predicted octanol–water partition coefficient (Wildman–Crippen LogP) is 1.77. The number of nitrogens with one attached hydrogen (secondary N) is 3. The summed E-state index contributed by atoms with van der Waals surface area (Å²) in [6.07, 6.45) is 2.21. The van der Waals surface area contributed by atoms with Crippen molar-refractivity contribution in [2.45, 2.75) is 18.9 Å². The van der Waals surface area contributed by atoms with Crippen molar-refractivity contribution in [3.8, 4) is 0 Å². The Bertz CT molecular complexity index is 735. The maximum absolute atomic E-state index is 12.4. The molecule has 2 aromatic rings. The summed E-state index contributed by atoms with van der Waals surface area (Å²) in [5, 5.41) is 6.98. The molecule has 110 valence electrons. The van der Waals surface area contributed by atoms with E-state index < -0.39 is 0 Å². The molecule has 1 amide bonds. The van der Waals surface area contributed by atoms with Gasteiger partial charge in [0.05, 0.1) is 5.56 Å². The van der Waals surface area contributed by atoms with Crippen molar-refractivity contribution in [1.29, 1.82) is 0 Å². The van der Waals surface area contributed by atoms with Crippen LogP contribution in [-0.4, -0.2) is 30.0 Å². The third-order valence-corrected chi connectivity index (χ3v) is 4.21. The molecule has 5 nitrogen and oxygen atoms in total. The van der Waals surface area contributed by atoms with Crippen LogP contribution in [0.1, 0.15) is 23.2 Å². The molecule has 6 heteroatoms. The van der Waals surface area contributed by atoms with E-state index in [4.69, 9.17) is 0 Å². The van der Waals surface area contributed by atoms with Crippen molar-refractivity contribution in [3.63, 3.8) is 0 Å². The minimum absolute atomic E-state index is 0.210. The first-order valence-corrected chi connectivity index (χ1v) is 7.77. The fourth-order valence-electron chi connectivity index (χ4n) is 2.66. The maximum Gasteiger partial charge on any atom is 0.252 e. The summed E-state index contributed by atoms with van der Waals surface area (Å²) in [6, 6.07) is 7.15. The van der Waals surface area contributed by atoms with Gasteiger partial charge in [-0.05, 0) is 37.6 Å². The standard InChI is InChI=1S/C15H16BrN3O2/c16-9-3-4-13-11(6-9)12(7-14(20)19-13)15(21)18-8-10-2-1-5-17-10/h3-4,6-7,10,17H,1-2,5,8H2,(H,18,21)(H,19,20). The van der Waals surface area contributed by atoms with E-state index in [1.54, 1.807) is 6.07 Å². The Morgan fingerprint density at radius 1 is 1.38 bits per heavy atom. The van der Waals surface area contributed by atoms with Crippen molar-refractivity contribution in [1.82, 2.24) is 15.6 Å². The van der Waals surface area contributed by atoms with Crippen LogP contribution in [0.15, 0.2) is 33.5 Å². The lowest BCUT2D eigenvalue weighted by Crippen LogP contribution is -2.37. The van der Waals surface area contributed by atoms with Gasteiger partial charge in [-0.25, -0.2) is 0 Å². The van der Waals surface area contributed by atoms with E-state index in [-0.39, 0.29) is 11.5 Å². The molecular formula is C15H16BrN3O2. The molecule has 0 aliphatic carbocycles. The van der Waals surface area contributed by atoms with Crippen molar-refractivity contribution < 1.29 is 4.79 Å². The molecule has 0 saturated carbocycles. The summed E-state index contributed by atoms with van der Waals surface area (Å²) in [5.74, 6) is -0.210. The van der Waals surface area contributed by atoms with Crippen LogP contribution >= 0.6 is 15.9 Å². The molecule has 0 spiro atoms. The molecule has 1 aliphatic rings. The van der Waals surface area contributed by atoms with Gasteiger partial charge in [-0.2, -0.15) is 0 Å². The highest BCUT2D eigenvalue weighted by molar-refractivity contribution is 9.10. The summed E-state index contributed by atoms with van der Waals surface area (Å²) >= 11 is 3.39. The van der Waals surface area contributed by atoms with Gasteiger partial charge in [0.2, 0.25) is 5.56 Å². The Labute approximate surface area is 130 Å². The van der Waals surface area contributed by atoms with E-state index in [0.29, 0.717) is 23.7 Å². The van der Waals surface area contributed by atoms with Gasteiger partial charge < -0.3 is 15.6 Å². The Balaban J connectivity index is 1.89. The highest BCUT2D eigenvalue weighted by atomic mass is 79.9. The second-order valence-corrected chi connectivity index (χ2v) is 6.16. The monoisotopic (exact) mass is 349 g/mol. The average molecular weight is 350 g/mol. The number of aromatic amines is 1. The largest absolute Gasteiger partial charge is 0.350 e. The number of amides is 1. The van der Waals surface area contributed by atoms with Gasteiger partial charge in [0, 0.05) is 34.0 Å². The van der Waals surface area contributed by atoms with E-state index in [0.717, 1.165) is 29.2 Å². The third kappa shape index (κ3) is 3.16. The highest BCUT2D eigenvalue weighted by Crippen LogP contribution is 2.20. The lowest BCUT2D eigenvalue weighted by molar-refractivity contribution is 0.0952. The summed E-state index contributed by atoms with van der Waals surface area (Å²) in [4.78, 5) is 26.8. The first-order valence-electron chi connectivity index (χ1n) is 6.97. The number of pyridine rings is 1. The summed E-state index contributed by atoms with van der Waals surface area (Å²) < 4.78 is 0.869. The topological polar surface area (TPSA) is 74.0 Å². The smallest absolute Gasteiger partial charge is 0.252 e. The van der Waals surface area contributed by atoms with Gasteiger partial charge in [-0.1, -0.05) is 15.9 Å². The molecule has 21 heavy (non-hydrogen) atoms. The Hall–Kier alpha value is -1.66. The van der Waals surface area contributed by atoms with Crippen molar-refractivity contribution in [2.75, 3.05) is 13.1 Å². The maximum atomic E-state index is 12.4. The summed E-state index contributed by atoms with van der Waals surface area (Å²) in [5.41, 5.74) is 0.803. The van der Waals surface area contributed by atoms with Crippen LogP contribution in [0.3, 0.4) is 0 Å². The number of hydrogen-bond acceptors (Lipinski definition) is 3. The molecule has 1 fully saturated rings. The van der Waals surface area contributed by atoms with Gasteiger partial charge in [0.1, 0.15) is 0 Å². The number of carbonyl (C=O) groups excluding carboxylic acids is 1. The number of aromatic nitrogens is 1. The minimum Gasteiger partial charge on any atom is -0.350 e. The first kappa shape index (κ1) is 14.3. The van der Waals surface area contributed by atoms with E-state index >= 15 is 0 Å². The second kappa shape index (κ2) is 5.99. The Kier molecular flexibility index (Phi) is 4.07. The van der Waals surface area contributed by atoms with E-state index in [1.807, 2.05) is 12.1 Å². The van der Waals surface area contributed by atoms with Crippen LogP contribution in [0.25, 0.3) is 10.9 Å². The predicted molar refractivity (Wildman–Crippen MR) is 85.6 cm³/mol. The molecule has 3 rings (SSSR count). The Morgan fingerprint density at radius 3 is 3.00 bits per heavy atom. The van der Waals surface area contributed by atoms with Gasteiger partial charge in [-0.3, -0.25) is 9.59 Å². The summed E-state index contributed by atoms with van der Waals surface area (Å²) in [7, 11) is 0. The van der Waals surface area contributed by atoms with Crippen molar-refractivity contribution >= 4 is 32.7 Å². The molecule has 0 radical (unpaired) electrons. The fraction of sp³-hybridized carbons (Fsp3) is 0.333. The first-order chi connectivity index (χ1) is 10.1. The average Bonchev–Trinajstić information content (AvgIpc) is 2.97. The van der Waals surface area contributed by atoms with Crippen LogP contribution in [0.2, 0.25) is 0 Å². The number of rotatable bonds is 3. The van der Waals surface area contributed by atoms with Crippen LogP contribution in [-0.2, 0) is 0 Å². The highest BCUT2D eigenvalue weighted by Gasteiger charge is 2.17. The molecule has 1 aromatic heterocycles. The molecule has 1 atom stereocenters. The van der Waals surface area contributed by atoms with Gasteiger partial charge >= 0.3 is 0 Å². The number of fused-ring (bicyclic) bond motifs is 1. The van der Waals surface area contributed by atoms with E-state index in [9.17, 15) is 9.59 Å². The normalized spacial score (nSPS) is 18.0. The van der Waals surface area contributed by atoms with Crippen LogP contribution < -0.4 is 16.2 Å². The molecule has 3 N–H and O–H groups in total. The number of carbonyl (C=O) groups is 1. The molecule has 2 heterocycles. The third-order valence-electron chi connectivity index (χ3n) is 3.72. The number of H-pyrrole nitrogens is 1. The lowest BCUT2D eigenvalue weighted by atomic mass is 10.1.